The molecule has 0 spiro atoms. The molecule has 0 aliphatic heterocycles. The van der Waals surface area contributed by atoms with Crippen molar-refractivity contribution < 1.29 is 17.7 Å². The van der Waals surface area contributed by atoms with Crippen LogP contribution in [0.1, 0.15) is 17.0 Å². The van der Waals surface area contributed by atoms with Crippen molar-refractivity contribution in [3.8, 4) is 0 Å². The van der Waals surface area contributed by atoms with E-state index in [2.05, 4.69) is 10.5 Å². The summed E-state index contributed by atoms with van der Waals surface area (Å²) >= 11 is 0. The first-order valence-corrected chi connectivity index (χ1v) is 8.42. The molecule has 2 aromatic rings. The molecule has 0 bridgehead atoms. The van der Waals surface area contributed by atoms with Crippen LogP contribution < -0.4 is 5.32 Å². The van der Waals surface area contributed by atoms with Crippen LogP contribution in [0, 0.1) is 20.8 Å². The number of amides is 1. The Kier molecular flexibility index (Phi) is 4.86. The molecule has 124 valence electrons. The molecule has 0 aliphatic rings. The smallest absolute Gasteiger partial charge is 0.248 e. The number of nitrogens with zero attached hydrogens (tertiary/aromatic N) is 2. The standard InChI is InChI=1S/C15H19N3O4S/c1-10-7-5-6-8-13(10)16-14(19)9-18(4)23(20,21)15-11(2)17-22-12(15)3/h5-8H,9H2,1-4H3,(H,16,19). The summed E-state index contributed by atoms with van der Waals surface area (Å²) in [6.45, 7) is 4.62. The normalized spacial score (nSPS) is 11.7. The minimum Gasteiger partial charge on any atom is -0.360 e. The fourth-order valence-electron chi connectivity index (χ4n) is 2.19. The van der Waals surface area contributed by atoms with Crippen LogP contribution in [-0.2, 0) is 14.8 Å². The second-order valence-corrected chi connectivity index (χ2v) is 7.26. The number of nitrogens with one attached hydrogen (secondary N) is 1. The predicted octanol–water partition coefficient (Wildman–Crippen LogP) is 1.86. The Morgan fingerprint density at radius 2 is 1.91 bits per heavy atom. The van der Waals surface area contributed by atoms with Crippen molar-refractivity contribution >= 4 is 21.6 Å². The minimum atomic E-state index is -3.84. The third kappa shape index (κ3) is 3.59. The van der Waals surface area contributed by atoms with Gasteiger partial charge < -0.3 is 9.84 Å². The maximum atomic E-state index is 12.5. The lowest BCUT2D eigenvalue weighted by molar-refractivity contribution is -0.116. The van der Waals surface area contributed by atoms with Crippen LogP contribution in [0.25, 0.3) is 0 Å². The maximum Gasteiger partial charge on any atom is 0.248 e. The van der Waals surface area contributed by atoms with Crippen molar-refractivity contribution in [2.45, 2.75) is 25.7 Å². The fourth-order valence-corrected chi connectivity index (χ4v) is 3.60. The molecule has 0 fully saturated rings. The van der Waals surface area contributed by atoms with E-state index in [1.165, 1.54) is 14.0 Å². The SMILES string of the molecule is Cc1ccccc1NC(=O)CN(C)S(=O)(=O)c1c(C)noc1C. The van der Waals surface area contributed by atoms with E-state index in [0.717, 1.165) is 9.87 Å². The molecule has 1 amide bonds. The molecule has 0 unspecified atom stereocenters. The number of sulfonamides is 1. The Morgan fingerprint density at radius 1 is 1.26 bits per heavy atom. The molecular formula is C15H19N3O4S. The fraction of sp³-hybridized carbons (Fsp3) is 0.333. The van der Waals surface area contributed by atoms with E-state index in [0.29, 0.717) is 5.69 Å². The molecule has 2 rings (SSSR count). The number of hydrogen-bond acceptors (Lipinski definition) is 5. The van der Waals surface area contributed by atoms with Gasteiger partial charge in [-0.05, 0) is 32.4 Å². The molecule has 8 heteroatoms. The number of hydrogen-bond donors (Lipinski definition) is 1. The molecule has 1 heterocycles. The molecule has 7 nitrogen and oxygen atoms in total. The van der Waals surface area contributed by atoms with Crippen molar-refractivity contribution in [3.63, 3.8) is 0 Å². The number of benzene rings is 1. The Balaban J connectivity index is 2.14. The summed E-state index contributed by atoms with van der Waals surface area (Å²) < 4.78 is 30.9. The van der Waals surface area contributed by atoms with Crippen LogP contribution in [0.3, 0.4) is 0 Å². The zero-order chi connectivity index (χ0) is 17.2. The van der Waals surface area contributed by atoms with Crippen molar-refractivity contribution in [2.24, 2.45) is 0 Å². The Hall–Kier alpha value is -2.19. The quantitative estimate of drug-likeness (QED) is 0.899. The van der Waals surface area contributed by atoms with Crippen LogP contribution in [0.15, 0.2) is 33.7 Å². The number of carbonyl (C=O) groups is 1. The van der Waals surface area contributed by atoms with E-state index in [1.54, 1.807) is 19.1 Å². The maximum absolute atomic E-state index is 12.5. The number of rotatable bonds is 5. The highest BCUT2D eigenvalue weighted by Gasteiger charge is 2.29. The van der Waals surface area contributed by atoms with Crippen LogP contribution in [-0.4, -0.2) is 37.4 Å². The average Bonchev–Trinajstić information content (AvgIpc) is 2.81. The van der Waals surface area contributed by atoms with Crippen molar-refractivity contribution in [1.29, 1.82) is 0 Å². The number of carbonyl (C=O) groups excluding carboxylic acids is 1. The monoisotopic (exact) mass is 337 g/mol. The molecule has 0 aliphatic carbocycles. The van der Waals surface area contributed by atoms with Gasteiger partial charge >= 0.3 is 0 Å². The largest absolute Gasteiger partial charge is 0.360 e. The van der Waals surface area contributed by atoms with Gasteiger partial charge in [0, 0.05) is 12.7 Å². The highest BCUT2D eigenvalue weighted by atomic mass is 32.2. The van der Waals surface area contributed by atoms with E-state index in [4.69, 9.17) is 4.52 Å². The van der Waals surface area contributed by atoms with Gasteiger partial charge in [-0.25, -0.2) is 8.42 Å². The summed E-state index contributed by atoms with van der Waals surface area (Å²) in [5, 5.41) is 6.35. The molecular weight excluding hydrogens is 318 g/mol. The van der Waals surface area contributed by atoms with Gasteiger partial charge in [0.15, 0.2) is 5.76 Å². The molecule has 0 atom stereocenters. The summed E-state index contributed by atoms with van der Waals surface area (Å²) in [6.07, 6.45) is 0. The van der Waals surface area contributed by atoms with Gasteiger partial charge in [0.25, 0.3) is 0 Å². The van der Waals surface area contributed by atoms with Gasteiger partial charge in [-0.2, -0.15) is 4.31 Å². The minimum absolute atomic E-state index is 0.00342. The molecule has 1 aromatic heterocycles. The van der Waals surface area contributed by atoms with Crippen LogP contribution in [0.5, 0.6) is 0 Å². The summed E-state index contributed by atoms with van der Waals surface area (Å²) in [4.78, 5) is 12.1. The van der Waals surface area contributed by atoms with Crippen molar-refractivity contribution in [3.05, 3.63) is 41.3 Å². The van der Waals surface area contributed by atoms with Crippen LogP contribution >= 0.6 is 0 Å². The number of aryl methyl sites for hydroxylation is 3. The van der Waals surface area contributed by atoms with Crippen molar-refractivity contribution in [2.75, 3.05) is 18.9 Å². The molecule has 1 aromatic carbocycles. The summed E-state index contributed by atoms with van der Waals surface area (Å²) in [5.41, 5.74) is 1.83. The first-order valence-electron chi connectivity index (χ1n) is 6.98. The highest BCUT2D eigenvalue weighted by Crippen LogP contribution is 2.22. The van der Waals surface area contributed by atoms with Gasteiger partial charge in [-0.1, -0.05) is 23.4 Å². The van der Waals surface area contributed by atoms with E-state index in [1.807, 2.05) is 19.1 Å². The van der Waals surface area contributed by atoms with Gasteiger partial charge in [0.05, 0.1) is 6.54 Å². The molecule has 0 saturated heterocycles. The lowest BCUT2D eigenvalue weighted by Gasteiger charge is -2.17. The van der Waals surface area contributed by atoms with E-state index in [9.17, 15) is 13.2 Å². The molecule has 1 N–H and O–H groups in total. The third-order valence-electron chi connectivity index (χ3n) is 3.42. The summed E-state index contributed by atoms with van der Waals surface area (Å²) in [5.74, 6) is -0.217. The Labute approximate surface area is 135 Å². The number of anilines is 1. The van der Waals surface area contributed by atoms with Gasteiger partial charge in [0.1, 0.15) is 10.6 Å². The second kappa shape index (κ2) is 6.51. The Morgan fingerprint density at radius 3 is 2.48 bits per heavy atom. The Bertz CT molecular complexity index is 807. The number of aromatic nitrogens is 1. The zero-order valence-corrected chi connectivity index (χ0v) is 14.3. The number of para-hydroxylation sites is 1. The lowest BCUT2D eigenvalue weighted by atomic mass is 10.2. The lowest BCUT2D eigenvalue weighted by Crippen LogP contribution is -2.35. The highest BCUT2D eigenvalue weighted by molar-refractivity contribution is 7.89. The topological polar surface area (TPSA) is 92.5 Å². The van der Waals surface area contributed by atoms with Gasteiger partial charge in [-0.15, -0.1) is 0 Å². The first-order chi connectivity index (χ1) is 10.7. The number of likely N-dealkylation sites (N-methyl/N-ethyl adjacent to an activating group) is 1. The molecule has 0 radical (unpaired) electrons. The average molecular weight is 337 g/mol. The van der Waals surface area contributed by atoms with Gasteiger partial charge in [-0.3, -0.25) is 4.79 Å². The van der Waals surface area contributed by atoms with Gasteiger partial charge in [0.2, 0.25) is 15.9 Å². The summed E-state index contributed by atoms with van der Waals surface area (Å²) in [6, 6.07) is 7.28. The van der Waals surface area contributed by atoms with Crippen LogP contribution in [0.4, 0.5) is 5.69 Å². The zero-order valence-electron chi connectivity index (χ0n) is 13.5. The van der Waals surface area contributed by atoms with E-state index < -0.39 is 15.9 Å². The first kappa shape index (κ1) is 17.2. The second-order valence-electron chi connectivity index (χ2n) is 5.28. The van der Waals surface area contributed by atoms with Crippen molar-refractivity contribution in [1.82, 2.24) is 9.46 Å². The van der Waals surface area contributed by atoms with E-state index >= 15 is 0 Å². The van der Waals surface area contributed by atoms with E-state index in [-0.39, 0.29) is 22.9 Å². The van der Waals surface area contributed by atoms with Crippen LogP contribution in [0.2, 0.25) is 0 Å². The molecule has 23 heavy (non-hydrogen) atoms. The molecule has 0 saturated carbocycles. The summed E-state index contributed by atoms with van der Waals surface area (Å²) in [7, 11) is -2.49. The predicted molar refractivity (Wildman–Crippen MR) is 85.6 cm³/mol. The third-order valence-corrected chi connectivity index (χ3v) is 5.47.